The van der Waals surface area contributed by atoms with Crippen LogP contribution in [0.3, 0.4) is 0 Å². The van der Waals surface area contributed by atoms with E-state index >= 15 is 0 Å². The summed E-state index contributed by atoms with van der Waals surface area (Å²) in [5.41, 5.74) is -1.77. The largest absolute Gasteiger partial charge is 0.508 e. The van der Waals surface area contributed by atoms with Crippen LogP contribution in [0.25, 0.3) is 0 Å². The Balaban J connectivity index is 2.17. The van der Waals surface area contributed by atoms with Gasteiger partial charge in [-0.05, 0) is 30.3 Å². The third-order valence-corrected chi connectivity index (χ3v) is 3.32. The van der Waals surface area contributed by atoms with Crippen LogP contribution >= 0.6 is 0 Å². The number of hydrogen-bond donors (Lipinski definition) is 1. The van der Waals surface area contributed by atoms with E-state index in [1.165, 1.54) is 24.3 Å². The molecule has 0 saturated heterocycles. The molecule has 1 N–H and O–H groups in total. The molecule has 1 aliphatic rings. The van der Waals surface area contributed by atoms with Gasteiger partial charge in [-0.1, -0.05) is 12.1 Å². The molecule has 0 radical (unpaired) electrons. The lowest BCUT2D eigenvalue weighted by molar-refractivity contribution is -0.137. The molecule has 22 heavy (non-hydrogen) atoms. The van der Waals surface area contributed by atoms with Crippen molar-refractivity contribution in [3.8, 4) is 5.75 Å². The first-order valence-electron chi connectivity index (χ1n) is 6.19. The molecule has 0 unspecified atom stereocenters. The molecular formula is C15H8F3NO3. The van der Waals surface area contributed by atoms with Gasteiger partial charge in [-0.25, -0.2) is 4.90 Å². The van der Waals surface area contributed by atoms with Crippen molar-refractivity contribution in [1.82, 2.24) is 0 Å². The monoisotopic (exact) mass is 307 g/mol. The first-order chi connectivity index (χ1) is 10.3. The number of amides is 2. The molecule has 2 aromatic carbocycles. The van der Waals surface area contributed by atoms with Crippen LogP contribution in [0.4, 0.5) is 18.9 Å². The molecule has 7 heteroatoms. The minimum Gasteiger partial charge on any atom is -0.508 e. The highest BCUT2D eigenvalue weighted by Crippen LogP contribution is 2.39. The number of phenols is 1. The zero-order chi connectivity index (χ0) is 16.1. The van der Waals surface area contributed by atoms with Gasteiger partial charge in [-0.3, -0.25) is 9.59 Å². The quantitative estimate of drug-likeness (QED) is 0.823. The van der Waals surface area contributed by atoms with Crippen LogP contribution in [-0.4, -0.2) is 16.9 Å². The van der Waals surface area contributed by atoms with Gasteiger partial charge in [0, 0.05) is 0 Å². The Kier molecular flexibility index (Phi) is 2.94. The average molecular weight is 307 g/mol. The van der Waals surface area contributed by atoms with E-state index in [1.54, 1.807) is 0 Å². The van der Waals surface area contributed by atoms with E-state index in [2.05, 4.69) is 0 Å². The molecule has 0 atom stereocenters. The van der Waals surface area contributed by atoms with Crippen LogP contribution in [0.5, 0.6) is 5.75 Å². The van der Waals surface area contributed by atoms with Gasteiger partial charge in [-0.15, -0.1) is 0 Å². The standard InChI is InChI=1S/C15H8F3NO3/c16-15(17,18)11-3-1-2-4-12(11)19-13(21)9-6-5-8(20)7-10(9)14(19)22/h1-7,20H. The first kappa shape index (κ1) is 14.1. The number of hydrogen-bond acceptors (Lipinski definition) is 3. The predicted octanol–water partition coefficient (Wildman–Crippen LogP) is 3.21. The van der Waals surface area contributed by atoms with Crippen molar-refractivity contribution in [1.29, 1.82) is 0 Å². The number of anilines is 1. The lowest BCUT2D eigenvalue weighted by Crippen LogP contribution is -2.31. The van der Waals surface area contributed by atoms with E-state index in [0.717, 1.165) is 18.2 Å². The summed E-state index contributed by atoms with van der Waals surface area (Å²) in [6.07, 6.45) is -4.70. The van der Waals surface area contributed by atoms with Gasteiger partial charge in [0.2, 0.25) is 0 Å². The highest BCUT2D eigenvalue weighted by molar-refractivity contribution is 6.34. The Morgan fingerprint density at radius 3 is 2.23 bits per heavy atom. The van der Waals surface area contributed by atoms with Crippen LogP contribution < -0.4 is 4.90 Å². The molecule has 112 valence electrons. The molecule has 2 aromatic rings. The summed E-state index contributed by atoms with van der Waals surface area (Å²) < 4.78 is 39.2. The molecule has 0 aliphatic carbocycles. The third-order valence-electron chi connectivity index (χ3n) is 3.32. The number of carbonyl (C=O) groups excluding carboxylic acids is 2. The molecule has 2 amide bonds. The minimum absolute atomic E-state index is 0.0419. The summed E-state index contributed by atoms with van der Waals surface area (Å²) in [6, 6.07) is 7.82. The molecule has 0 saturated carbocycles. The van der Waals surface area contributed by atoms with Gasteiger partial charge in [0.25, 0.3) is 11.8 Å². The van der Waals surface area contributed by atoms with E-state index in [0.29, 0.717) is 4.90 Å². The van der Waals surface area contributed by atoms with Crippen molar-refractivity contribution in [2.75, 3.05) is 4.90 Å². The summed E-state index contributed by atoms with van der Waals surface area (Å²) in [6.45, 7) is 0. The second-order valence-corrected chi connectivity index (χ2v) is 4.69. The van der Waals surface area contributed by atoms with E-state index < -0.39 is 29.2 Å². The summed E-state index contributed by atoms with van der Waals surface area (Å²) >= 11 is 0. The van der Waals surface area contributed by atoms with Gasteiger partial charge in [-0.2, -0.15) is 13.2 Å². The van der Waals surface area contributed by atoms with Crippen molar-refractivity contribution in [3.63, 3.8) is 0 Å². The number of carbonyl (C=O) groups is 2. The Bertz CT molecular complexity index is 799. The lowest BCUT2D eigenvalue weighted by atomic mass is 10.1. The number of fused-ring (bicyclic) bond motifs is 1. The zero-order valence-electron chi connectivity index (χ0n) is 10.9. The van der Waals surface area contributed by atoms with E-state index in [4.69, 9.17) is 0 Å². The average Bonchev–Trinajstić information content (AvgIpc) is 2.69. The van der Waals surface area contributed by atoms with Gasteiger partial charge in [0.05, 0.1) is 22.4 Å². The maximum atomic E-state index is 13.1. The Labute approximate surface area is 122 Å². The summed E-state index contributed by atoms with van der Waals surface area (Å²) in [7, 11) is 0. The van der Waals surface area contributed by atoms with Crippen LogP contribution in [0, 0.1) is 0 Å². The van der Waals surface area contributed by atoms with Crippen molar-refractivity contribution in [2.45, 2.75) is 6.18 Å². The van der Waals surface area contributed by atoms with Crippen molar-refractivity contribution < 1.29 is 27.9 Å². The number of benzene rings is 2. The normalized spacial score (nSPS) is 14.4. The van der Waals surface area contributed by atoms with Crippen molar-refractivity contribution in [2.24, 2.45) is 0 Å². The minimum atomic E-state index is -4.70. The van der Waals surface area contributed by atoms with Crippen molar-refractivity contribution >= 4 is 17.5 Å². The molecule has 1 aliphatic heterocycles. The van der Waals surface area contributed by atoms with Crippen LogP contribution in [-0.2, 0) is 6.18 Å². The molecule has 3 rings (SSSR count). The predicted molar refractivity (Wildman–Crippen MR) is 70.7 cm³/mol. The van der Waals surface area contributed by atoms with Gasteiger partial charge >= 0.3 is 6.18 Å². The topological polar surface area (TPSA) is 57.6 Å². The number of imide groups is 1. The number of para-hydroxylation sites is 1. The van der Waals surface area contributed by atoms with Crippen LogP contribution in [0.15, 0.2) is 42.5 Å². The number of alkyl halides is 3. The smallest absolute Gasteiger partial charge is 0.418 e. The third kappa shape index (κ3) is 2.02. The molecule has 4 nitrogen and oxygen atoms in total. The highest BCUT2D eigenvalue weighted by atomic mass is 19.4. The number of phenolic OH excluding ortho intramolecular Hbond substituents is 1. The highest BCUT2D eigenvalue weighted by Gasteiger charge is 2.42. The van der Waals surface area contributed by atoms with Gasteiger partial charge < -0.3 is 5.11 Å². The first-order valence-corrected chi connectivity index (χ1v) is 6.19. The molecule has 0 fully saturated rings. The second-order valence-electron chi connectivity index (χ2n) is 4.69. The van der Waals surface area contributed by atoms with Crippen molar-refractivity contribution in [3.05, 3.63) is 59.2 Å². The number of halogens is 3. The van der Waals surface area contributed by atoms with E-state index in [-0.39, 0.29) is 16.9 Å². The van der Waals surface area contributed by atoms with Gasteiger partial charge in [0.15, 0.2) is 0 Å². The fourth-order valence-corrected chi connectivity index (χ4v) is 2.36. The van der Waals surface area contributed by atoms with E-state index in [1.807, 2.05) is 0 Å². The van der Waals surface area contributed by atoms with E-state index in [9.17, 15) is 27.9 Å². The molecule has 0 aromatic heterocycles. The van der Waals surface area contributed by atoms with Crippen LogP contribution in [0.1, 0.15) is 26.3 Å². The second kappa shape index (κ2) is 4.59. The molecule has 0 bridgehead atoms. The molecule has 1 heterocycles. The maximum absolute atomic E-state index is 13.1. The Morgan fingerprint density at radius 1 is 0.909 bits per heavy atom. The van der Waals surface area contributed by atoms with Gasteiger partial charge in [0.1, 0.15) is 5.75 Å². The maximum Gasteiger partial charge on any atom is 0.418 e. The summed E-state index contributed by atoms with van der Waals surface area (Å²) in [5, 5.41) is 9.38. The fraction of sp³-hybridized carbons (Fsp3) is 0.0667. The Hall–Kier alpha value is -2.83. The number of nitrogens with zero attached hydrogens (tertiary/aromatic N) is 1. The fourth-order valence-electron chi connectivity index (χ4n) is 2.36. The van der Waals surface area contributed by atoms with Crippen LogP contribution in [0.2, 0.25) is 0 Å². The summed E-state index contributed by atoms with van der Waals surface area (Å²) in [5.74, 6) is -1.99. The SMILES string of the molecule is O=C1c2ccc(O)cc2C(=O)N1c1ccccc1C(F)(F)F. The zero-order valence-corrected chi connectivity index (χ0v) is 10.9. The number of rotatable bonds is 1. The Morgan fingerprint density at radius 2 is 1.55 bits per heavy atom. The summed E-state index contributed by atoms with van der Waals surface area (Å²) in [4.78, 5) is 25.0. The number of aromatic hydroxyl groups is 1. The lowest BCUT2D eigenvalue weighted by Gasteiger charge is -2.19. The molecule has 0 spiro atoms. The molecular weight excluding hydrogens is 299 g/mol.